The zero-order valence-corrected chi connectivity index (χ0v) is 18.6. The molecule has 5 rings (SSSR count). The molecular formula is C24H18N4O4S. The normalized spacial score (nSPS) is 11.0. The lowest BCUT2D eigenvalue weighted by Gasteiger charge is -2.10. The highest BCUT2D eigenvalue weighted by atomic mass is 32.1. The number of hydrogen-bond acceptors (Lipinski definition) is 7. The number of fused-ring (bicyclic) bond motifs is 1. The van der Waals surface area contributed by atoms with Crippen molar-refractivity contribution in [3.8, 4) is 39.0 Å². The molecule has 0 aliphatic rings. The third-order valence-corrected chi connectivity index (χ3v) is 6.37. The molecule has 0 saturated heterocycles. The molecule has 0 atom stereocenters. The molecule has 5 aromatic rings. The van der Waals surface area contributed by atoms with Crippen molar-refractivity contribution in [1.82, 2.24) is 14.5 Å². The van der Waals surface area contributed by atoms with E-state index < -0.39 is 4.92 Å². The van der Waals surface area contributed by atoms with E-state index in [1.807, 2.05) is 47.0 Å². The molecule has 0 amide bonds. The Labute approximate surface area is 192 Å². The fraction of sp³-hybridized carbons (Fsp3) is 0.0833. The molecule has 2 heterocycles. The van der Waals surface area contributed by atoms with Gasteiger partial charge >= 0.3 is 0 Å². The number of rotatable bonds is 6. The summed E-state index contributed by atoms with van der Waals surface area (Å²) in [5.41, 5.74) is 3.77. The molecular weight excluding hydrogens is 440 g/mol. The van der Waals surface area contributed by atoms with Gasteiger partial charge in [0.25, 0.3) is 5.69 Å². The monoisotopic (exact) mass is 458 g/mol. The van der Waals surface area contributed by atoms with E-state index >= 15 is 0 Å². The van der Waals surface area contributed by atoms with Crippen molar-refractivity contribution in [3.63, 3.8) is 0 Å². The van der Waals surface area contributed by atoms with Crippen LogP contribution in [0.3, 0.4) is 0 Å². The first-order chi connectivity index (χ1) is 16.1. The maximum absolute atomic E-state index is 11.7. The van der Waals surface area contributed by atoms with Crippen LogP contribution in [0.25, 0.3) is 37.7 Å². The van der Waals surface area contributed by atoms with Gasteiger partial charge in [-0.1, -0.05) is 0 Å². The van der Waals surface area contributed by atoms with E-state index in [0.717, 1.165) is 32.2 Å². The molecule has 8 nitrogen and oxygen atoms in total. The van der Waals surface area contributed by atoms with E-state index in [1.54, 1.807) is 43.1 Å². The second-order valence-electron chi connectivity index (χ2n) is 7.19. The summed E-state index contributed by atoms with van der Waals surface area (Å²) in [4.78, 5) is 20.2. The van der Waals surface area contributed by atoms with Crippen LogP contribution in [0.5, 0.6) is 11.5 Å². The maximum Gasteiger partial charge on any atom is 0.282 e. The van der Waals surface area contributed by atoms with Gasteiger partial charge in [-0.25, -0.2) is 9.97 Å². The number of benzene rings is 3. The third kappa shape index (κ3) is 3.79. The average Bonchev–Trinajstić information content (AvgIpc) is 3.50. The minimum atomic E-state index is -0.416. The quantitative estimate of drug-likeness (QED) is 0.238. The minimum Gasteiger partial charge on any atom is -0.497 e. The van der Waals surface area contributed by atoms with Crippen LogP contribution >= 0.6 is 11.3 Å². The standard InChI is InChI=1S/C24H18N4O4S/c1-31-17-7-9-19(21(11-17)28(29)30)22-13-25-14-27(22)16-5-3-15(4-6-16)24-26-20-10-8-18(32-2)12-23(20)33-24/h3-14H,1-2H3. The van der Waals surface area contributed by atoms with Crippen LogP contribution < -0.4 is 9.47 Å². The summed E-state index contributed by atoms with van der Waals surface area (Å²) in [7, 11) is 3.12. The molecule has 0 N–H and O–H groups in total. The zero-order chi connectivity index (χ0) is 22.9. The van der Waals surface area contributed by atoms with Crippen LogP contribution in [-0.2, 0) is 0 Å². The van der Waals surface area contributed by atoms with Crippen molar-refractivity contribution in [2.45, 2.75) is 0 Å². The zero-order valence-electron chi connectivity index (χ0n) is 17.8. The maximum atomic E-state index is 11.7. The summed E-state index contributed by atoms with van der Waals surface area (Å²) >= 11 is 1.59. The largest absolute Gasteiger partial charge is 0.497 e. The van der Waals surface area contributed by atoms with E-state index in [1.165, 1.54) is 13.2 Å². The topological polar surface area (TPSA) is 92.3 Å². The molecule has 0 radical (unpaired) electrons. The van der Waals surface area contributed by atoms with Crippen LogP contribution in [0.1, 0.15) is 0 Å². The van der Waals surface area contributed by atoms with Crippen molar-refractivity contribution in [2.24, 2.45) is 0 Å². The number of methoxy groups -OCH3 is 2. The molecule has 0 aliphatic heterocycles. The van der Waals surface area contributed by atoms with Gasteiger partial charge in [-0.05, 0) is 54.6 Å². The van der Waals surface area contributed by atoms with Gasteiger partial charge in [0.05, 0.1) is 59.2 Å². The van der Waals surface area contributed by atoms with Gasteiger partial charge in [0.1, 0.15) is 16.5 Å². The van der Waals surface area contributed by atoms with Crippen molar-refractivity contribution < 1.29 is 14.4 Å². The van der Waals surface area contributed by atoms with Crippen LogP contribution in [0.15, 0.2) is 73.2 Å². The number of imidazole rings is 1. The Morgan fingerprint density at radius 1 is 0.970 bits per heavy atom. The Morgan fingerprint density at radius 3 is 2.42 bits per heavy atom. The SMILES string of the molecule is COc1ccc(-c2cncn2-c2ccc(-c3nc4ccc(OC)cc4s3)cc2)c([N+](=O)[O-])c1. The van der Waals surface area contributed by atoms with E-state index in [4.69, 9.17) is 14.5 Å². The molecule has 164 valence electrons. The molecule has 0 saturated carbocycles. The van der Waals surface area contributed by atoms with Crippen molar-refractivity contribution in [3.05, 3.63) is 83.3 Å². The van der Waals surface area contributed by atoms with Crippen LogP contribution in [-0.4, -0.2) is 33.7 Å². The molecule has 0 aliphatic carbocycles. The lowest BCUT2D eigenvalue weighted by molar-refractivity contribution is -0.384. The predicted octanol–water partition coefficient (Wildman–Crippen LogP) is 5.74. The van der Waals surface area contributed by atoms with Gasteiger partial charge in [0.15, 0.2) is 0 Å². The summed E-state index contributed by atoms with van der Waals surface area (Å²) in [6, 6.07) is 18.5. The minimum absolute atomic E-state index is 0.0439. The summed E-state index contributed by atoms with van der Waals surface area (Å²) in [5, 5.41) is 12.6. The summed E-state index contributed by atoms with van der Waals surface area (Å²) in [6.45, 7) is 0. The van der Waals surface area contributed by atoms with Gasteiger partial charge in [-0.3, -0.25) is 14.7 Å². The predicted molar refractivity (Wildman–Crippen MR) is 127 cm³/mol. The highest BCUT2D eigenvalue weighted by molar-refractivity contribution is 7.21. The fourth-order valence-electron chi connectivity index (χ4n) is 3.63. The Bertz CT molecular complexity index is 1470. The summed E-state index contributed by atoms with van der Waals surface area (Å²) in [5.74, 6) is 1.22. The second-order valence-corrected chi connectivity index (χ2v) is 8.22. The summed E-state index contributed by atoms with van der Waals surface area (Å²) in [6.07, 6.45) is 3.26. The van der Waals surface area contributed by atoms with Gasteiger partial charge in [0.2, 0.25) is 0 Å². The Kier molecular flexibility index (Phi) is 5.23. The van der Waals surface area contributed by atoms with Crippen molar-refractivity contribution in [1.29, 1.82) is 0 Å². The van der Waals surface area contributed by atoms with E-state index in [2.05, 4.69) is 4.98 Å². The van der Waals surface area contributed by atoms with Crippen molar-refractivity contribution in [2.75, 3.05) is 14.2 Å². The highest BCUT2D eigenvalue weighted by Crippen LogP contribution is 2.35. The lowest BCUT2D eigenvalue weighted by Crippen LogP contribution is -1.99. The van der Waals surface area contributed by atoms with E-state index in [0.29, 0.717) is 17.0 Å². The first-order valence-corrected chi connectivity index (χ1v) is 10.8. The molecule has 9 heteroatoms. The number of aromatic nitrogens is 3. The number of nitro benzene ring substituents is 1. The molecule has 0 bridgehead atoms. The second kappa shape index (κ2) is 8.36. The highest BCUT2D eigenvalue weighted by Gasteiger charge is 2.20. The number of nitrogens with zero attached hydrogens (tertiary/aromatic N) is 4. The third-order valence-electron chi connectivity index (χ3n) is 5.30. The Hall–Kier alpha value is -4.24. The first kappa shape index (κ1) is 20.7. The van der Waals surface area contributed by atoms with Crippen LogP contribution in [0, 0.1) is 10.1 Å². The Morgan fingerprint density at radius 2 is 1.70 bits per heavy atom. The molecule has 0 spiro atoms. The number of nitro groups is 1. The molecule has 2 aromatic heterocycles. The van der Waals surface area contributed by atoms with Gasteiger partial charge in [0, 0.05) is 11.3 Å². The number of thiazole rings is 1. The van der Waals surface area contributed by atoms with E-state index in [-0.39, 0.29) is 5.69 Å². The van der Waals surface area contributed by atoms with Gasteiger partial charge in [-0.15, -0.1) is 11.3 Å². The fourth-order valence-corrected chi connectivity index (χ4v) is 4.63. The van der Waals surface area contributed by atoms with Crippen LogP contribution in [0.4, 0.5) is 5.69 Å². The van der Waals surface area contributed by atoms with Gasteiger partial charge < -0.3 is 9.47 Å². The van der Waals surface area contributed by atoms with Crippen LogP contribution in [0.2, 0.25) is 0 Å². The summed E-state index contributed by atoms with van der Waals surface area (Å²) < 4.78 is 13.3. The average molecular weight is 458 g/mol. The lowest BCUT2D eigenvalue weighted by atomic mass is 10.1. The first-order valence-electron chi connectivity index (χ1n) is 9.98. The molecule has 33 heavy (non-hydrogen) atoms. The van der Waals surface area contributed by atoms with Gasteiger partial charge in [-0.2, -0.15) is 0 Å². The smallest absolute Gasteiger partial charge is 0.282 e. The molecule has 3 aromatic carbocycles. The number of ether oxygens (including phenoxy) is 2. The van der Waals surface area contributed by atoms with E-state index in [9.17, 15) is 10.1 Å². The number of hydrogen-bond donors (Lipinski definition) is 0. The Balaban J connectivity index is 1.51. The molecule has 0 fully saturated rings. The molecule has 0 unspecified atom stereocenters. The van der Waals surface area contributed by atoms with Crippen molar-refractivity contribution >= 4 is 27.2 Å².